The van der Waals surface area contributed by atoms with Gasteiger partial charge in [0.2, 0.25) is 15.9 Å². The van der Waals surface area contributed by atoms with E-state index in [-0.39, 0.29) is 16.7 Å². The molecule has 9 heteroatoms. The largest absolute Gasteiger partial charge is 0.381 e. The van der Waals surface area contributed by atoms with Gasteiger partial charge in [-0.2, -0.15) is 9.40 Å². The van der Waals surface area contributed by atoms with Gasteiger partial charge in [0.05, 0.1) is 6.20 Å². The average Bonchev–Trinajstić information content (AvgIpc) is 2.88. The molecule has 0 aromatic carbocycles. The number of ether oxygens (including phenoxy) is 1. The van der Waals surface area contributed by atoms with Crippen molar-refractivity contribution in [3.05, 3.63) is 12.4 Å². The third-order valence-corrected chi connectivity index (χ3v) is 6.51. The zero-order valence-corrected chi connectivity index (χ0v) is 14.7. The molecule has 0 unspecified atom stereocenters. The van der Waals surface area contributed by atoms with Gasteiger partial charge in [-0.15, -0.1) is 0 Å². The molecule has 1 aromatic rings. The number of hydrogen-bond donors (Lipinski definition) is 0. The van der Waals surface area contributed by atoms with Crippen LogP contribution in [0.15, 0.2) is 17.3 Å². The van der Waals surface area contributed by atoms with Crippen LogP contribution in [-0.2, 0) is 26.6 Å². The molecule has 1 aromatic heterocycles. The molecule has 0 N–H and O–H groups in total. The summed E-state index contributed by atoms with van der Waals surface area (Å²) < 4.78 is 33.6. The fraction of sp³-hybridized carbons (Fsp3) is 0.733. The topological polar surface area (TPSA) is 84.7 Å². The molecule has 8 nitrogen and oxygen atoms in total. The van der Waals surface area contributed by atoms with Gasteiger partial charge in [-0.1, -0.05) is 0 Å². The highest BCUT2D eigenvalue weighted by Gasteiger charge is 2.31. The van der Waals surface area contributed by atoms with E-state index in [1.807, 2.05) is 4.90 Å². The molecule has 0 aliphatic carbocycles. The molecule has 3 heterocycles. The van der Waals surface area contributed by atoms with Crippen molar-refractivity contribution in [3.8, 4) is 0 Å². The Morgan fingerprint density at radius 3 is 2.62 bits per heavy atom. The first kappa shape index (κ1) is 17.4. The lowest BCUT2D eigenvalue weighted by atomic mass is 9.98. The number of aryl methyl sites for hydroxylation is 1. The standard InChI is InChI=1S/C15H24N4O4S/c1-17-12-14(11-16-17)24(21,22)19-6-2-5-18(7-8-19)15(20)13-3-9-23-10-4-13/h11-13H,2-10H2,1H3. The molecule has 24 heavy (non-hydrogen) atoms. The van der Waals surface area contributed by atoms with Gasteiger partial charge < -0.3 is 9.64 Å². The molecule has 134 valence electrons. The fourth-order valence-electron chi connectivity index (χ4n) is 3.24. The van der Waals surface area contributed by atoms with Gasteiger partial charge in [-0.25, -0.2) is 8.42 Å². The molecular formula is C15H24N4O4S. The molecule has 0 atom stereocenters. The minimum atomic E-state index is -3.55. The van der Waals surface area contributed by atoms with Gasteiger partial charge in [-0.3, -0.25) is 9.48 Å². The quantitative estimate of drug-likeness (QED) is 0.765. The average molecular weight is 356 g/mol. The highest BCUT2D eigenvalue weighted by molar-refractivity contribution is 7.89. The number of hydrogen-bond acceptors (Lipinski definition) is 5. The summed E-state index contributed by atoms with van der Waals surface area (Å²) in [7, 11) is -1.86. The van der Waals surface area contributed by atoms with Crippen molar-refractivity contribution in [1.82, 2.24) is 19.0 Å². The van der Waals surface area contributed by atoms with Crippen molar-refractivity contribution < 1.29 is 17.9 Å². The van der Waals surface area contributed by atoms with Crippen LogP contribution in [0, 0.1) is 5.92 Å². The first-order chi connectivity index (χ1) is 11.5. The summed E-state index contributed by atoms with van der Waals surface area (Å²) in [6.07, 6.45) is 5.03. The molecule has 2 aliphatic rings. The summed E-state index contributed by atoms with van der Waals surface area (Å²) in [6, 6.07) is 0. The number of sulfonamides is 1. The first-order valence-corrected chi connectivity index (χ1v) is 9.78. The van der Waals surface area contributed by atoms with Gasteiger partial charge in [0.1, 0.15) is 4.90 Å². The van der Waals surface area contributed by atoms with Crippen molar-refractivity contribution in [3.63, 3.8) is 0 Å². The van der Waals surface area contributed by atoms with Crippen LogP contribution in [0.2, 0.25) is 0 Å². The molecule has 2 saturated heterocycles. The molecule has 0 spiro atoms. The normalized spacial score (nSPS) is 21.6. The second kappa shape index (κ2) is 7.20. The minimum absolute atomic E-state index is 0.0141. The van der Waals surface area contributed by atoms with E-state index in [9.17, 15) is 13.2 Å². The van der Waals surface area contributed by atoms with Crippen LogP contribution in [-0.4, -0.2) is 72.7 Å². The lowest BCUT2D eigenvalue weighted by Crippen LogP contribution is -2.41. The third-order valence-electron chi connectivity index (χ3n) is 4.66. The van der Waals surface area contributed by atoms with Crippen molar-refractivity contribution >= 4 is 15.9 Å². The van der Waals surface area contributed by atoms with Crippen LogP contribution in [0.1, 0.15) is 19.3 Å². The van der Waals surface area contributed by atoms with Crippen LogP contribution < -0.4 is 0 Å². The van der Waals surface area contributed by atoms with E-state index in [1.165, 1.54) is 21.4 Å². The van der Waals surface area contributed by atoms with Gasteiger partial charge in [0.15, 0.2) is 0 Å². The zero-order valence-electron chi connectivity index (χ0n) is 13.9. The SMILES string of the molecule is Cn1cc(S(=O)(=O)N2CCCN(C(=O)C3CCOCC3)CC2)cn1. The van der Waals surface area contributed by atoms with Crippen LogP contribution in [0.3, 0.4) is 0 Å². The third kappa shape index (κ3) is 3.62. The predicted molar refractivity (Wildman–Crippen MR) is 86.7 cm³/mol. The molecular weight excluding hydrogens is 332 g/mol. The number of nitrogens with zero attached hydrogens (tertiary/aromatic N) is 4. The van der Waals surface area contributed by atoms with Gasteiger partial charge in [-0.05, 0) is 19.3 Å². The molecule has 0 saturated carbocycles. The highest BCUT2D eigenvalue weighted by atomic mass is 32.2. The second-order valence-corrected chi connectivity index (χ2v) is 8.26. The summed E-state index contributed by atoms with van der Waals surface area (Å²) in [5, 5.41) is 3.94. The summed E-state index contributed by atoms with van der Waals surface area (Å²) in [6.45, 7) is 3.06. The van der Waals surface area contributed by atoms with Crippen molar-refractivity contribution in [2.45, 2.75) is 24.2 Å². The van der Waals surface area contributed by atoms with E-state index in [2.05, 4.69) is 5.10 Å². The van der Waals surface area contributed by atoms with Gasteiger partial charge in [0.25, 0.3) is 0 Å². The maximum atomic E-state index is 12.7. The Hall–Kier alpha value is -1.45. The predicted octanol–water partition coefficient (Wildman–Crippen LogP) is 0.0697. The van der Waals surface area contributed by atoms with Crippen LogP contribution >= 0.6 is 0 Å². The zero-order chi connectivity index (χ0) is 17.2. The van der Waals surface area contributed by atoms with E-state index in [4.69, 9.17) is 4.74 Å². The molecule has 3 rings (SSSR count). The van der Waals surface area contributed by atoms with E-state index < -0.39 is 10.0 Å². The van der Waals surface area contributed by atoms with Crippen LogP contribution in [0.25, 0.3) is 0 Å². The number of carbonyl (C=O) groups is 1. The highest BCUT2D eigenvalue weighted by Crippen LogP contribution is 2.21. The Balaban J connectivity index is 1.65. The van der Waals surface area contributed by atoms with Gasteiger partial charge >= 0.3 is 0 Å². The monoisotopic (exact) mass is 356 g/mol. The Morgan fingerprint density at radius 1 is 1.21 bits per heavy atom. The molecule has 1 amide bonds. The molecule has 0 bridgehead atoms. The van der Waals surface area contributed by atoms with E-state index in [1.54, 1.807) is 7.05 Å². The van der Waals surface area contributed by atoms with E-state index in [0.717, 1.165) is 12.8 Å². The van der Waals surface area contributed by atoms with Crippen LogP contribution in [0.5, 0.6) is 0 Å². The summed E-state index contributed by atoms with van der Waals surface area (Å²) in [5.41, 5.74) is 0. The van der Waals surface area contributed by atoms with E-state index in [0.29, 0.717) is 45.8 Å². The lowest BCUT2D eigenvalue weighted by Gasteiger charge is -2.28. The molecule has 0 radical (unpaired) electrons. The second-order valence-electron chi connectivity index (χ2n) is 6.32. The fourth-order valence-corrected chi connectivity index (χ4v) is 4.69. The van der Waals surface area contributed by atoms with E-state index >= 15 is 0 Å². The summed E-state index contributed by atoms with van der Waals surface area (Å²) in [4.78, 5) is 14.6. The Kier molecular flexibility index (Phi) is 5.21. The minimum Gasteiger partial charge on any atom is -0.381 e. The Labute approximate surface area is 142 Å². The molecule has 2 aliphatic heterocycles. The van der Waals surface area contributed by atoms with Crippen molar-refractivity contribution in [2.75, 3.05) is 39.4 Å². The Bertz CT molecular complexity index is 681. The van der Waals surface area contributed by atoms with Gasteiger partial charge in [0, 0.05) is 58.6 Å². The summed E-state index contributed by atoms with van der Waals surface area (Å²) in [5.74, 6) is 0.152. The van der Waals surface area contributed by atoms with Crippen molar-refractivity contribution in [2.24, 2.45) is 13.0 Å². The maximum Gasteiger partial charge on any atom is 0.246 e. The smallest absolute Gasteiger partial charge is 0.246 e. The number of amides is 1. The number of aromatic nitrogens is 2. The van der Waals surface area contributed by atoms with Crippen molar-refractivity contribution in [1.29, 1.82) is 0 Å². The van der Waals surface area contributed by atoms with Crippen LogP contribution in [0.4, 0.5) is 0 Å². The Morgan fingerprint density at radius 2 is 1.96 bits per heavy atom. The maximum absolute atomic E-state index is 12.7. The number of carbonyl (C=O) groups excluding carboxylic acids is 1. The first-order valence-electron chi connectivity index (χ1n) is 8.34. The number of rotatable bonds is 3. The summed E-state index contributed by atoms with van der Waals surface area (Å²) >= 11 is 0. The molecule has 2 fully saturated rings. The lowest BCUT2D eigenvalue weighted by molar-refractivity contribution is -0.138.